The average Bonchev–Trinajstić information content (AvgIpc) is 2.78. The largest absolute Gasteiger partial charge is 0.207 e. The molecular weight excluding hydrogens is 299 g/mol. The number of benzene rings is 1. The fraction of sp³-hybridized carbons (Fsp3) is 0.143. The van der Waals surface area contributed by atoms with Crippen LogP contribution in [-0.4, -0.2) is 5.33 Å². The predicted molar refractivity (Wildman–Crippen MR) is 77.2 cm³/mol. The summed E-state index contributed by atoms with van der Waals surface area (Å²) < 4.78 is 12.8. The second kappa shape index (κ2) is 5.61. The van der Waals surface area contributed by atoms with Crippen molar-refractivity contribution in [1.29, 1.82) is 0 Å². The highest BCUT2D eigenvalue weighted by atomic mass is 79.9. The molecule has 0 spiro atoms. The Hall–Kier alpha value is -0.930. The van der Waals surface area contributed by atoms with Crippen LogP contribution in [0.2, 0.25) is 0 Å². The van der Waals surface area contributed by atoms with Crippen molar-refractivity contribution in [3.8, 4) is 10.4 Å². The van der Waals surface area contributed by atoms with Crippen molar-refractivity contribution >= 4 is 33.3 Å². The second-order valence-electron chi connectivity index (χ2n) is 3.83. The van der Waals surface area contributed by atoms with E-state index in [2.05, 4.69) is 41.1 Å². The quantitative estimate of drug-likeness (QED) is 0.670. The Labute approximate surface area is 113 Å². The number of rotatable bonds is 3. The first-order valence-electron chi connectivity index (χ1n) is 5.28. The lowest BCUT2D eigenvalue weighted by Gasteiger charge is -1.96. The van der Waals surface area contributed by atoms with E-state index in [-0.39, 0.29) is 5.82 Å². The smallest absolute Gasteiger partial charge is 0.123 e. The normalized spacial score (nSPS) is 11.8. The van der Waals surface area contributed by atoms with Crippen molar-refractivity contribution in [3.05, 3.63) is 52.7 Å². The molecule has 0 atom stereocenters. The lowest BCUT2D eigenvalue weighted by atomic mass is 10.2. The van der Waals surface area contributed by atoms with Gasteiger partial charge in [0, 0.05) is 15.1 Å². The molecule has 0 aliphatic rings. The summed E-state index contributed by atoms with van der Waals surface area (Å²) in [5.74, 6) is -0.194. The minimum absolute atomic E-state index is 0.194. The van der Waals surface area contributed by atoms with Gasteiger partial charge in [0.25, 0.3) is 0 Å². The van der Waals surface area contributed by atoms with E-state index < -0.39 is 0 Å². The number of allylic oxidation sites excluding steroid dienone is 1. The maximum atomic E-state index is 12.8. The van der Waals surface area contributed by atoms with Crippen molar-refractivity contribution in [2.45, 2.75) is 6.92 Å². The van der Waals surface area contributed by atoms with Gasteiger partial charge in [-0.15, -0.1) is 11.3 Å². The Morgan fingerprint density at radius 2 is 1.94 bits per heavy atom. The highest BCUT2D eigenvalue weighted by molar-refractivity contribution is 9.09. The van der Waals surface area contributed by atoms with Gasteiger partial charge in [0.05, 0.1) is 0 Å². The number of halogens is 2. The Kier molecular flexibility index (Phi) is 4.13. The zero-order chi connectivity index (χ0) is 12.3. The summed E-state index contributed by atoms with van der Waals surface area (Å²) in [7, 11) is 0. The van der Waals surface area contributed by atoms with E-state index in [4.69, 9.17) is 0 Å². The van der Waals surface area contributed by atoms with Crippen LogP contribution in [0.1, 0.15) is 11.8 Å². The fourth-order valence-electron chi connectivity index (χ4n) is 1.48. The molecule has 2 aromatic rings. The molecule has 0 unspecified atom stereocenters. The number of hydrogen-bond acceptors (Lipinski definition) is 1. The van der Waals surface area contributed by atoms with E-state index in [0.29, 0.717) is 0 Å². The third kappa shape index (κ3) is 3.27. The van der Waals surface area contributed by atoms with Crippen LogP contribution >= 0.6 is 27.3 Å². The third-order valence-corrected chi connectivity index (χ3v) is 4.32. The third-order valence-electron chi connectivity index (χ3n) is 2.35. The fourth-order valence-corrected chi connectivity index (χ4v) is 2.68. The first-order valence-corrected chi connectivity index (χ1v) is 7.22. The summed E-state index contributed by atoms with van der Waals surface area (Å²) in [6.07, 6.45) is 2.16. The Balaban J connectivity index is 2.27. The summed E-state index contributed by atoms with van der Waals surface area (Å²) in [5.41, 5.74) is 2.35. The van der Waals surface area contributed by atoms with Crippen LogP contribution in [0.5, 0.6) is 0 Å². The van der Waals surface area contributed by atoms with E-state index in [0.717, 1.165) is 10.9 Å². The molecule has 17 heavy (non-hydrogen) atoms. The number of alkyl halides is 1. The van der Waals surface area contributed by atoms with Crippen molar-refractivity contribution in [2.24, 2.45) is 0 Å². The summed E-state index contributed by atoms with van der Waals surface area (Å²) in [6.45, 7) is 2.09. The first kappa shape index (κ1) is 12.5. The lowest BCUT2D eigenvalue weighted by molar-refractivity contribution is 0.628. The van der Waals surface area contributed by atoms with Crippen LogP contribution in [0.15, 0.2) is 42.0 Å². The van der Waals surface area contributed by atoms with Gasteiger partial charge in [-0.3, -0.25) is 0 Å². The number of hydrogen-bond donors (Lipinski definition) is 0. The van der Waals surface area contributed by atoms with Gasteiger partial charge < -0.3 is 0 Å². The van der Waals surface area contributed by atoms with Crippen LogP contribution in [0.25, 0.3) is 16.5 Å². The van der Waals surface area contributed by atoms with Crippen LogP contribution in [-0.2, 0) is 0 Å². The molecule has 0 radical (unpaired) electrons. The van der Waals surface area contributed by atoms with E-state index in [1.165, 1.54) is 27.5 Å². The average molecular weight is 311 g/mol. The van der Waals surface area contributed by atoms with Crippen molar-refractivity contribution in [3.63, 3.8) is 0 Å². The Morgan fingerprint density at radius 1 is 1.24 bits per heavy atom. The van der Waals surface area contributed by atoms with Gasteiger partial charge in [-0.25, -0.2) is 4.39 Å². The summed E-state index contributed by atoms with van der Waals surface area (Å²) in [5, 5.41) is 0.886. The molecule has 0 saturated heterocycles. The van der Waals surface area contributed by atoms with Gasteiger partial charge in [-0.05, 0) is 42.8 Å². The molecule has 0 nitrogen and oxygen atoms in total. The van der Waals surface area contributed by atoms with Gasteiger partial charge in [0.2, 0.25) is 0 Å². The van der Waals surface area contributed by atoms with Crippen molar-refractivity contribution in [2.75, 3.05) is 5.33 Å². The van der Waals surface area contributed by atoms with E-state index in [9.17, 15) is 4.39 Å². The summed E-state index contributed by atoms with van der Waals surface area (Å²) >= 11 is 5.14. The minimum atomic E-state index is -0.194. The zero-order valence-corrected chi connectivity index (χ0v) is 11.8. The van der Waals surface area contributed by atoms with Crippen LogP contribution in [0, 0.1) is 5.82 Å². The molecule has 0 bridgehead atoms. The Bertz CT molecular complexity index is 525. The van der Waals surface area contributed by atoms with Crippen LogP contribution in [0.3, 0.4) is 0 Å². The molecular formula is C14H12BrFS. The molecule has 1 aromatic heterocycles. The summed E-state index contributed by atoms with van der Waals surface area (Å²) in [6, 6.07) is 10.8. The van der Waals surface area contributed by atoms with Crippen LogP contribution in [0.4, 0.5) is 4.39 Å². The topological polar surface area (TPSA) is 0 Å². The van der Waals surface area contributed by atoms with Crippen molar-refractivity contribution < 1.29 is 4.39 Å². The standard InChI is InChI=1S/C14H12BrFS/c1-10(9-15)8-13-6-7-14(17-13)11-2-4-12(16)5-3-11/h2-8H,9H2,1H3. The summed E-state index contributed by atoms with van der Waals surface area (Å²) in [4.78, 5) is 2.39. The molecule has 0 amide bonds. The van der Waals surface area contributed by atoms with Crippen LogP contribution < -0.4 is 0 Å². The monoisotopic (exact) mass is 310 g/mol. The Morgan fingerprint density at radius 3 is 2.59 bits per heavy atom. The second-order valence-corrected chi connectivity index (χ2v) is 5.51. The van der Waals surface area contributed by atoms with Gasteiger partial charge in [-0.2, -0.15) is 0 Å². The van der Waals surface area contributed by atoms with Gasteiger partial charge >= 0.3 is 0 Å². The highest BCUT2D eigenvalue weighted by Gasteiger charge is 2.01. The molecule has 3 heteroatoms. The lowest BCUT2D eigenvalue weighted by Crippen LogP contribution is -1.74. The van der Waals surface area contributed by atoms with E-state index in [1.54, 1.807) is 11.3 Å². The van der Waals surface area contributed by atoms with E-state index >= 15 is 0 Å². The van der Waals surface area contributed by atoms with Gasteiger partial charge in [-0.1, -0.05) is 33.6 Å². The number of thiophene rings is 1. The molecule has 1 heterocycles. The van der Waals surface area contributed by atoms with Gasteiger partial charge in [0.1, 0.15) is 5.82 Å². The maximum Gasteiger partial charge on any atom is 0.123 e. The molecule has 88 valence electrons. The molecule has 0 aliphatic heterocycles. The molecule has 0 N–H and O–H groups in total. The maximum absolute atomic E-state index is 12.8. The van der Waals surface area contributed by atoms with Gasteiger partial charge in [0.15, 0.2) is 0 Å². The molecule has 0 aliphatic carbocycles. The zero-order valence-electron chi connectivity index (χ0n) is 9.41. The van der Waals surface area contributed by atoms with E-state index in [1.807, 2.05) is 12.1 Å². The minimum Gasteiger partial charge on any atom is -0.207 e. The molecule has 0 saturated carbocycles. The molecule has 0 fully saturated rings. The SMILES string of the molecule is CC(=Cc1ccc(-c2ccc(F)cc2)s1)CBr. The highest BCUT2D eigenvalue weighted by Crippen LogP contribution is 2.29. The van der Waals surface area contributed by atoms with Crippen molar-refractivity contribution in [1.82, 2.24) is 0 Å². The molecule has 2 rings (SSSR count). The molecule has 1 aromatic carbocycles. The predicted octanol–water partition coefficient (Wildman–Crippen LogP) is 5.35. The first-order chi connectivity index (χ1) is 8.19.